The van der Waals surface area contributed by atoms with Crippen LogP contribution in [0.1, 0.15) is 18.9 Å². The summed E-state index contributed by atoms with van der Waals surface area (Å²) >= 11 is 7.00. The van der Waals surface area contributed by atoms with Gasteiger partial charge < -0.3 is 10.6 Å². The molecule has 0 fully saturated rings. The lowest BCUT2D eigenvalue weighted by atomic mass is 10.2. The minimum Gasteiger partial charge on any atom is -0.315 e. The van der Waals surface area contributed by atoms with Gasteiger partial charge in [-0.3, -0.25) is 0 Å². The lowest BCUT2D eigenvalue weighted by Gasteiger charge is -2.08. The molecule has 0 heterocycles. The molecule has 0 aliphatic heterocycles. The zero-order valence-electron chi connectivity index (χ0n) is 9.52. The molecule has 2 N–H and O–H groups in total. The third-order valence-electron chi connectivity index (χ3n) is 2.24. The molecule has 4 heteroatoms. The van der Waals surface area contributed by atoms with E-state index in [1.54, 1.807) is 0 Å². The van der Waals surface area contributed by atoms with Crippen LogP contribution in [0.3, 0.4) is 0 Å². The third-order valence-corrected chi connectivity index (χ3v) is 3.47. The second-order valence-electron chi connectivity index (χ2n) is 3.66. The fraction of sp³-hybridized carbons (Fsp3) is 0.500. The summed E-state index contributed by atoms with van der Waals surface area (Å²) in [7, 11) is 0. The Kier molecular flexibility index (Phi) is 7.28. The summed E-state index contributed by atoms with van der Waals surface area (Å²) in [5.74, 6) is 0. The third kappa shape index (κ3) is 5.43. The maximum atomic E-state index is 3.56. The average Bonchev–Trinajstić information content (AvgIpc) is 2.26. The van der Waals surface area contributed by atoms with E-state index in [2.05, 4.69) is 67.6 Å². The summed E-state index contributed by atoms with van der Waals surface area (Å²) in [5.41, 5.74) is 1.29. The van der Waals surface area contributed by atoms with Gasteiger partial charge in [0.25, 0.3) is 0 Å². The molecule has 0 amide bonds. The first-order chi connectivity index (χ1) is 7.74. The van der Waals surface area contributed by atoms with Crippen molar-refractivity contribution in [3.63, 3.8) is 0 Å². The van der Waals surface area contributed by atoms with Crippen LogP contribution in [-0.4, -0.2) is 19.6 Å². The SMILES string of the molecule is CCCNCCNCc1ccc(Br)cc1Br. The van der Waals surface area contributed by atoms with Crippen molar-refractivity contribution in [2.75, 3.05) is 19.6 Å². The molecule has 0 bridgehead atoms. The second-order valence-corrected chi connectivity index (χ2v) is 5.43. The van der Waals surface area contributed by atoms with Crippen molar-refractivity contribution < 1.29 is 0 Å². The van der Waals surface area contributed by atoms with E-state index in [1.165, 1.54) is 12.0 Å². The first-order valence-electron chi connectivity index (χ1n) is 5.59. The number of benzene rings is 1. The van der Waals surface area contributed by atoms with E-state index in [-0.39, 0.29) is 0 Å². The van der Waals surface area contributed by atoms with Gasteiger partial charge in [0.1, 0.15) is 0 Å². The molecule has 0 aliphatic carbocycles. The van der Waals surface area contributed by atoms with Gasteiger partial charge in [0.15, 0.2) is 0 Å². The highest BCUT2D eigenvalue weighted by Crippen LogP contribution is 2.21. The molecule has 0 radical (unpaired) electrons. The maximum absolute atomic E-state index is 3.56. The Labute approximate surface area is 114 Å². The first kappa shape index (κ1) is 14.2. The molecular weight excluding hydrogens is 332 g/mol. The summed E-state index contributed by atoms with van der Waals surface area (Å²) < 4.78 is 2.25. The fourth-order valence-corrected chi connectivity index (χ4v) is 2.55. The molecule has 2 nitrogen and oxygen atoms in total. The van der Waals surface area contributed by atoms with Crippen molar-refractivity contribution >= 4 is 31.9 Å². The van der Waals surface area contributed by atoms with Crippen molar-refractivity contribution in [2.45, 2.75) is 19.9 Å². The Balaban J connectivity index is 2.21. The minimum absolute atomic E-state index is 0.904. The summed E-state index contributed by atoms with van der Waals surface area (Å²) in [6.45, 7) is 6.22. The van der Waals surface area contributed by atoms with Gasteiger partial charge in [0.05, 0.1) is 0 Å². The zero-order chi connectivity index (χ0) is 11.8. The molecule has 0 saturated carbocycles. The Morgan fingerprint density at radius 3 is 2.50 bits per heavy atom. The van der Waals surface area contributed by atoms with Crippen LogP contribution in [-0.2, 0) is 6.54 Å². The topological polar surface area (TPSA) is 24.1 Å². The number of hydrogen-bond donors (Lipinski definition) is 2. The van der Waals surface area contributed by atoms with E-state index in [1.807, 2.05) is 0 Å². The number of hydrogen-bond acceptors (Lipinski definition) is 2. The standard InChI is InChI=1S/C12H18Br2N2/c1-2-5-15-6-7-16-9-10-3-4-11(13)8-12(10)14/h3-4,8,15-16H,2,5-7,9H2,1H3. The number of rotatable bonds is 7. The Bertz CT molecular complexity index is 316. The van der Waals surface area contributed by atoms with Gasteiger partial charge in [-0.05, 0) is 30.7 Å². The van der Waals surface area contributed by atoms with Crippen LogP contribution >= 0.6 is 31.9 Å². The molecule has 16 heavy (non-hydrogen) atoms. The predicted molar refractivity (Wildman–Crippen MR) is 76.7 cm³/mol. The van der Waals surface area contributed by atoms with Gasteiger partial charge in [-0.2, -0.15) is 0 Å². The molecule has 0 saturated heterocycles. The molecule has 90 valence electrons. The fourth-order valence-electron chi connectivity index (χ4n) is 1.37. The highest BCUT2D eigenvalue weighted by molar-refractivity contribution is 9.11. The lowest BCUT2D eigenvalue weighted by Crippen LogP contribution is -2.27. The summed E-state index contributed by atoms with van der Waals surface area (Å²) in [4.78, 5) is 0. The van der Waals surface area contributed by atoms with Gasteiger partial charge in [0.2, 0.25) is 0 Å². The molecule has 1 rings (SSSR count). The Hall–Kier alpha value is 0.1000. The van der Waals surface area contributed by atoms with Gasteiger partial charge in [-0.15, -0.1) is 0 Å². The van der Waals surface area contributed by atoms with Crippen molar-refractivity contribution in [1.82, 2.24) is 10.6 Å². The monoisotopic (exact) mass is 348 g/mol. The van der Waals surface area contributed by atoms with Gasteiger partial charge in [0, 0.05) is 28.6 Å². The van der Waals surface area contributed by atoms with Gasteiger partial charge in [-0.1, -0.05) is 44.8 Å². The molecule has 1 aromatic rings. The van der Waals surface area contributed by atoms with E-state index < -0.39 is 0 Å². The van der Waals surface area contributed by atoms with Gasteiger partial charge in [-0.25, -0.2) is 0 Å². The molecule has 0 aromatic heterocycles. The van der Waals surface area contributed by atoms with Crippen LogP contribution in [0.15, 0.2) is 27.1 Å². The van der Waals surface area contributed by atoms with E-state index in [0.717, 1.165) is 35.1 Å². The lowest BCUT2D eigenvalue weighted by molar-refractivity contribution is 0.606. The van der Waals surface area contributed by atoms with E-state index in [0.29, 0.717) is 0 Å². The average molecular weight is 350 g/mol. The first-order valence-corrected chi connectivity index (χ1v) is 7.18. The van der Waals surface area contributed by atoms with E-state index in [9.17, 15) is 0 Å². The normalized spacial score (nSPS) is 10.7. The summed E-state index contributed by atoms with van der Waals surface area (Å²) in [5, 5.41) is 6.78. The predicted octanol–water partition coefficient (Wildman–Crippen LogP) is 3.30. The number of nitrogens with one attached hydrogen (secondary N) is 2. The highest BCUT2D eigenvalue weighted by atomic mass is 79.9. The van der Waals surface area contributed by atoms with Crippen LogP contribution in [0, 0.1) is 0 Å². The molecular formula is C12H18Br2N2. The van der Waals surface area contributed by atoms with Gasteiger partial charge >= 0.3 is 0 Å². The van der Waals surface area contributed by atoms with Crippen LogP contribution in [0.2, 0.25) is 0 Å². The van der Waals surface area contributed by atoms with Crippen LogP contribution in [0.4, 0.5) is 0 Å². The van der Waals surface area contributed by atoms with Crippen LogP contribution in [0.25, 0.3) is 0 Å². The van der Waals surface area contributed by atoms with Crippen molar-refractivity contribution in [3.8, 4) is 0 Å². The Morgan fingerprint density at radius 1 is 1.06 bits per heavy atom. The molecule has 1 aromatic carbocycles. The molecule has 0 unspecified atom stereocenters. The van der Waals surface area contributed by atoms with Crippen LogP contribution < -0.4 is 10.6 Å². The maximum Gasteiger partial charge on any atom is 0.0231 e. The van der Waals surface area contributed by atoms with Crippen LogP contribution in [0.5, 0.6) is 0 Å². The zero-order valence-corrected chi connectivity index (χ0v) is 12.7. The van der Waals surface area contributed by atoms with E-state index in [4.69, 9.17) is 0 Å². The smallest absolute Gasteiger partial charge is 0.0231 e. The summed E-state index contributed by atoms with van der Waals surface area (Å²) in [6, 6.07) is 6.27. The highest BCUT2D eigenvalue weighted by Gasteiger charge is 1.99. The summed E-state index contributed by atoms with van der Waals surface area (Å²) in [6.07, 6.45) is 1.19. The van der Waals surface area contributed by atoms with E-state index >= 15 is 0 Å². The minimum atomic E-state index is 0.904. The Morgan fingerprint density at radius 2 is 1.81 bits per heavy atom. The molecule has 0 aliphatic rings. The quantitative estimate of drug-likeness (QED) is 0.738. The second kappa shape index (κ2) is 8.23. The molecule has 0 atom stereocenters. The van der Waals surface area contributed by atoms with Crippen molar-refractivity contribution in [1.29, 1.82) is 0 Å². The molecule has 0 spiro atoms. The van der Waals surface area contributed by atoms with Crippen molar-refractivity contribution in [2.24, 2.45) is 0 Å². The number of halogens is 2. The largest absolute Gasteiger partial charge is 0.315 e. The van der Waals surface area contributed by atoms with Crippen molar-refractivity contribution in [3.05, 3.63) is 32.7 Å².